The van der Waals surface area contributed by atoms with E-state index in [9.17, 15) is 9.90 Å². The van der Waals surface area contributed by atoms with Crippen LogP contribution < -0.4 is 5.63 Å². The number of nitrogens with zero attached hydrogens (tertiary/aromatic N) is 1. The number of hydrogen-bond acceptors (Lipinski definition) is 5. The van der Waals surface area contributed by atoms with E-state index in [1.165, 1.54) is 12.1 Å². The number of aromatic hydroxyl groups is 1. The van der Waals surface area contributed by atoms with E-state index in [4.69, 9.17) is 9.25 Å². The lowest BCUT2D eigenvalue weighted by Crippen LogP contribution is -2.13. The highest BCUT2D eigenvalue weighted by Crippen LogP contribution is 2.15. The zero-order chi connectivity index (χ0) is 12.1. The third-order valence-electron chi connectivity index (χ3n) is 1.81. The molecule has 0 aliphatic heterocycles. The monoisotopic (exact) mass is 223 g/mol. The van der Waals surface area contributed by atoms with Gasteiger partial charge in [-0.15, -0.1) is 0 Å². The second-order valence-electron chi connectivity index (χ2n) is 3.17. The number of oxime groups is 1. The largest absolute Gasteiger partial charge is 0.507 e. The van der Waals surface area contributed by atoms with Gasteiger partial charge < -0.3 is 14.4 Å². The number of hydrogen-bond donors (Lipinski definition) is 1. The van der Waals surface area contributed by atoms with E-state index in [0.717, 1.165) is 0 Å². The summed E-state index contributed by atoms with van der Waals surface area (Å²) in [6.07, 6.45) is 1.52. The van der Waals surface area contributed by atoms with Crippen LogP contribution in [0, 0.1) is 6.92 Å². The Balaban J connectivity index is 3.08. The first kappa shape index (κ1) is 12.0. The number of aryl methyl sites for hydroxylation is 1. The quantitative estimate of drug-likeness (QED) is 0.364. The van der Waals surface area contributed by atoms with Crippen LogP contribution >= 0.6 is 0 Å². The van der Waals surface area contributed by atoms with Crippen LogP contribution in [0.25, 0.3) is 0 Å². The van der Waals surface area contributed by atoms with Crippen molar-refractivity contribution < 1.29 is 14.4 Å². The Morgan fingerprint density at radius 1 is 1.75 bits per heavy atom. The van der Waals surface area contributed by atoms with Crippen molar-refractivity contribution in [2.24, 2.45) is 5.16 Å². The van der Waals surface area contributed by atoms with E-state index in [0.29, 0.717) is 5.76 Å². The van der Waals surface area contributed by atoms with Gasteiger partial charge in [0.25, 0.3) is 0 Å². The van der Waals surface area contributed by atoms with Gasteiger partial charge in [0.05, 0.1) is 5.71 Å². The molecular weight excluding hydrogens is 210 g/mol. The molecule has 0 aromatic carbocycles. The molecule has 86 valence electrons. The maximum atomic E-state index is 11.5. The lowest BCUT2D eigenvalue weighted by Gasteiger charge is -2.02. The molecule has 1 aromatic rings. The van der Waals surface area contributed by atoms with Gasteiger partial charge in [-0.05, 0) is 13.8 Å². The molecule has 1 rings (SSSR count). The normalized spacial score (nSPS) is 11.2. The van der Waals surface area contributed by atoms with Crippen molar-refractivity contribution in [3.63, 3.8) is 0 Å². The molecule has 1 aromatic heterocycles. The Labute approximate surface area is 92.7 Å². The smallest absolute Gasteiger partial charge is 0.348 e. The summed E-state index contributed by atoms with van der Waals surface area (Å²) in [5, 5.41) is 13.2. The Hall–Kier alpha value is -2.04. The molecule has 0 bridgehead atoms. The third-order valence-corrected chi connectivity index (χ3v) is 1.81. The first-order chi connectivity index (χ1) is 7.56. The highest BCUT2D eigenvalue weighted by atomic mass is 16.6. The van der Waals surface area contributed by atoms with Crippen LogP contribution in [-0.4, -0.2) is 17.4 Å². The molecular formula is C11H13NO4. The zero-order valence-corrected chi connectivity index (χ0v) is 9.19. The predicted molar refractivity (Wildman–Crippen MR) is 59.7 cm³/mol. The fourth-order valence-electron chi connectivity index (χ4n) is 1.16. The average molecular weight is 223 g/mol. The van der Waals surface area contributed by atoms with Gasteiger partial charge >= 0.3 is 5.63 Å². The van der Waals surface area contributed by atoms with Crippen LogP contribution in [0.5, 0.6) is 5.75 Å². The summed E-state index contributed by atoms with van der Waals surface area (Å²) < 4.78 is 4.84. The van der Waals surface area contributed by atoms with E-state index in [1.54, 1.807) is 13.8 Å². The molecule has 0 fully saturated rings. The van der Waals surface area contributed by atoms with Crippen LogP contribution in [0.2, 0.25) is 0 Å². The van der Waals surface area contributed by atoms with Crippen molar-refractivity contribution in [3.05, 3.63) is 40.5 Å². The van der Waals surface area contributed by atoms with Crippen molar-refractivity contribution in [2.75, 3.05) is 6.61 Å². The minimum absolute atomic E-state index is 0.00895. The summed E-state index contributed by atoms with van der Waals surface area (Å²) in [6.45, 7) is 6.81. The zero-order valence-electron chi connectivity index (χ0n) is 9.19. The van der Waals surface area contributed by atoms with Crippen molar-refractivity contribution in [2.45, 2.75) is 13.8 Å². The highest BCUT2D eigenvalue weighted by Gasteiger charge is 2.13. The van der Waals surface area contributed by atoms with Crippen LogP contribution in [0.4, 0.5) is 0 Å². The molecule has 0 saturated carbocycles. The average Bonchev–Trinajstić information content (AvgIpc) is 2.16. The van der Waals surface area contributed by atoms with E-state index in [1.807, 2.05) is 0 Å². The van der Waals surface area contributed by atoms with Crippen LogP contribution in [0.1, 0.15) is 18.2 Å². The molecule has 5 nitrogen and oxygen atoms in total. The van der Waals surface area contributed by atoms with Gasteiger partial charge in [-0.1, -0.05) is 17.8 Å². The minimum atomic E-state index is -0.638. The maximum Gasteiger partial charge on any atom is 0.348 e. The summed E-state index contributed by atoms with van der Waals surface area (Å²) in [7, 11) is 0. The lowest BCUT2D eigenvalue weighted by atomic mass is 10.2. The molecule has 0 spiro atoms. The van der Waals surface area contributed by atoms with E-state index < -0.39 is 5.63 Å². The van der Waals surface area contributed by atoms with E-state index in [-0.39, 0.29) is 23.6 Å². The molecule has 5 heteroatoms. The van der Waals surface area contributed by atoms with Crippen LogP contribution in [-0.2, 0) is 4.84 Å². The summed E-state index contributed by atoms with van der Waals surface area (Å²) in [6, 6.07) is 1.35. The van der Waals surface area contributed by atoms with Gasteiger partial charge in [0, 0.05) is 6.07 Å². The van der Waals surface area contributed by atoms with Crippen LogP contribution in [0.15, 0.2) is 33.1 Å². The van der Waals surface area contributed by atoms with Crippen molar-refractivity contribution in [1.82, 2.24) is 0 Å². The van der Waals surface area contributed by atoms with Crippen molar-refractivity contribution in [1.29, 1.82) is 0 Å². The van der Waals surface area contributed by atoms with Crippen molar-refractivity contribution in [3.8, 4) is 5.75 Å². The molecule has 0 amide bonds. The molecule has 0 radical (unpaired) electrons. The highest BCUT2D eigenvalue weighted by molar-refractivity contribution is 6.00. The molecule has 0 saturated heterocycles. The van der Waals surface area contributed by atoms with Gasteiger partial charge in [-0.3, -0.25) is 0 Å². The maximum absolute atomic E-state index is 11.5. The van der Waals surface area contributed by atoms with Gasteiger partial charge in [-0.2, -0.15) is 0 Å². The van der Waals surface area contributed by atoms with Gasteiger partial charge in [0.1, 0.15) is 23.7 Å². The van der Waals surface area contributed by atoms with E-state index in [2.05, 4.69) is 11.7 Å². The third kappa shape index (κ3) is 2.73. The topological polar surface area (TPSA) is 72.0 Å². The Morgan fingerprint density at radius 3 is 3.00 bits per heavy atom. The molecule has 0 atom stereocenters. The molecule has 1 N–H and O–H groups in total. The first-order valence-corrected chi connectivity index (χ1v) is 4.67. The molecule has 16 heavy (non-hydrogen) atoms. The van der Waals surface area contributed by atoms with E-state index >= 15 is 0 Å². The molecule has 0 aliphatic carbocycles. The fourth-order valence-corrected chi connectivity index (χ4v) is 1.16. The molecule has 0 aliphatic rings. The minimum Gasteiger partial charge on any atom is -0.507 e. The first-order valence-electron chi connectivity index (χ1n) is 4.67. The molecule has 0 unspecified atom stereocenters. The Bertz CT molecular complexity index is 473. The predicted octanol–water partition coefficient (Wildman–Crippen LogP) is 1.58. The SMILES string of the molecule is C=CCON=C(C)c1c(O)cc(C)oc1=O. The van der Waals surface area contributed by atoms with Gasteiger partial charge in [0.15, 0.2) is 0 Å². The second-order valence-corrected chi connectivity index (χ2v) is 3.17. The second kappa shape index (κ2) is 5.16. The van der Waals surface area contributed by atoms with Gasteiger partial charge in [0.2, 0.25) is 0 Å². The van der Waals surface area contributed by atoms with Crippen molar-refractivity contribution >= 4 is 5.71 Å². The summed E-state index contributed by atoms with van der Waals surface area (Å²) in [5.41, 5.74) is -0.372. The van der Waals surface area contributed by atoms with Gasteiger partial charge in [-0.25, -0.2) is 4.79 Å². The lowest BCUT2D eigenvalue weighted by molar-refractivity contribution is 0.174. The summed E-state index contributed by atoms with van der Waals surface area (Å²) in [4.78, 5) is 16.3. The standard InChI is InChI=1S/C11H13NO4/c1-4-5-15-12-8(3)10-9(13)6-7(2)16-11(10)14/h4,6,13H,1,5H2,2-3H3. The summed E-state index contributed by atoms with van der Waals surface area (Å²) in [5.74, 6) is 0.170. The van der Waals surface area contributed by atoms with Crippen LogP contribution in [0.3, 0.4) is 0 Å². The number of rotatable bonds is 4. The Morgan fingerprint density at radius 2 is 2.44 bits per heavy atom. The molecule has 1 heterocycles. The Kier molecular flexibility index (Phi) is 3.88. The fraction of sp³-hybridized carbons (Fsp3) is 0.273. The summed E-state index contributed by atoms with van der Waals surface area (Å²) >= 11 is 0.